The van der Waals surface area contributed by atoms with Crippen molar-refractivity contribution in [3.63, 3.8) is 0 Å². The molecule has 0 saturated carbocycles. The number of aromatic carboxylic acids is 1. The van der Waals surface area contributed by atoms with E-state index >= 15 is 0 Å². The van der Waals surface area contributed by atoms with Crippen molar-refractivity contribution < 1.29 is 23.1 Å². The quantitative estimate of drug-likeness (QED) is 0.626. The number of alkyl halides is 3. The van der Waals surface area contributed by atoms with Gasteiger partial charge in [0.05, 0.1) is 26.7 Å². The Labute approximate surface area is 151 Å². The maximum atomic E-state index is 13.2. The number of nitrogens with zero attached hydrogens (tertiary/aromatic N) is 1. The molecule has 7 heteroatoms. The minimum Gasteiger partial charge on any atom is -0.478 e. The Hall–Kier alpha value is -2.67. The summed E-state index contributed by atoms with van der Waals surface area (Å²) in [5.74, 6) is -1.60. The number of rotatable bonds is 3. The van der Waals surface area contributed by atoms with Crippen molar-refractivity contribution in [3.8, 4) is 21.6 Å². The molecule has 0 aliphatic rings. The molecule has 1 aromatic heterocycles. The van der Waals surface area contributed by atoms with Crippen molar-refractivity contribution >= 4 is 17.3 Å². The van der Waals surface area contributed by atoms with Gasteiger partial charge in [0.15, 0.2) is 0 Å². The molecule has 0 saturated heterocycles. The van der Waals surface area contributed by atoms with E-state index in [0.29, 0.717) is 11.1 Å². The lowest BCUT2D eigenvalue weighted by molar-refractivity contribution is -0.138. The van der Waals surface area contributed by atoms with Gasteiger partial charge in [-0.2, -0.15) is 13.2 Å². The number of halogens is 3. The minimum absolute atomic E-state index is 0.308. The first-order valence-corrected chi connectivity index (χ1v) is 8.48. The Morgan fingerprint density at radius 1 is 1.04 bits per heavy atom. The fourth-order valence-corrected chi connectivity index (χ4v) is 3.70. The van der Waals surface area contributed by atoms with Crippen molar-refractivity contribution in [2.45, 2.75) is 20.0 Å². The fourth-order valence-electron chi connectivity index (χ4n) is 2.78. The summed E-state index contributed by atoms with van der Waals surface area (Å²) in [5, 5.41) is 9.92. The van der Waals surface area contributed by atoms with Crippen LogP contribution in [0.5, 0.6) is 0 Å². The predicted octanol–water partition coefficient (Wildman–Crippen LogP) is 5.81. The maximum absolute atomic E-state index is 13.2. The van der Waals surface area contributed by atoms with Crippen LogP contribution in [0.25, 0.3) is 21.6 Å². The second-order valence-corrected chi connectivity index (χ2v) is 6.99. The minimum atomic E-state index is -4.74. The van der Waals surface area contributed by atoms with Gasteiger partial charge in [0.25, 0.3) is 0 Å². The molecule has 26 heavy (non-hydrogen) atoms. The Balaban J connectivity index is 2.12. The average molecular weight is 377 g/mol. The van der Waals surface area contributed by atoms with Crippen LogP contribution in [0.2, 0.25) is 0 Å². The molecule has 0 atom stereocenters. The number of hydrogen-bond donors (Lipinski definition) is 1. The van der Waals surface area contributed by atoms with Crippen LogP contribution in [0.4, 0.5) is 13.2 Å². The molecule has 3 rings (SSSR count). The van der Waals surface area contributed by atoms with Gasteiger partial charge in [-0.3, -0.25) is 0 Å². The second kappa shape index (κ2) is 6.57. The average Bonchev–Trinajstić information content (AvgIpc) is 2.92. The Kier molecular flexibility index (Phi) is 4.58. The lowest BCUT2D eigenvalue weighted by Gasteiger charge is -2.13. The number of carboxylic acid groups (broad SMARTS) is 1. The summed E-state index contributed by atoms with van der Waals surface area (Å²) in [7, 11) is 0. The first-order chi connectivity index (χ1) is 12.2. The normalized spacial score (nSPS) is 11.6. The Bertz CT molecular complexity index is 993. The first-order valence-electron chi connectivity index (χ1n) is 7.66. The third-order valence-electron chi connectivity index (χ3n) is 3.92. The van der Waals surface area contributed by atoms with Crippen LogP contribution in [-0.2, 0) is 6.18 Å². The van der Waals surface area contributed by atoms with Gasteiger partial charge in [-0.15, -0.1) is 11.3 Å². The van der Waals surface area contributed by atoms with E-state index in [1.165, 1.54) is 17.4 Å². The molecule has 0 amide bonds. The summed E-state index contributed by atoms with van der Waals surface area (Å²) >= 11 is 1.52. The molecule has 0 aliphatic heterocycles. The predicted molar refractivity (Wildman–Crippen MR) is 94.4 cm³/mol. The van der Waals surface area contributed by atoms with Crippen molar-refractivity contribution in [3.05, 3.63) is 64.3 Å². The molecule has 2 aromatic carbocycles. The number of carboxylic acids is 1. The van der Waals surface area contributed by atoms with Gasteiger partial charge in [0.2, 0.25) is 0 Å². The summed E-state index contributed by atoms with van der Waals surface area (Å²) in [6, 6.07) is 10.4. The van der Waals surface area contributed by atoms with Gasteiger partial charge in [-0.25, -0.2) is 9.78 Å². The van der Waals surface area contributed by atoms with Crippen LogP contribution >= 0.6 is 11.3 Å². The molecule has 0 radical (unpaired) electrons. The molecule has 0 unspecified atom stereocenters. The van der Waals surface area contributed by atoms with Crippen LogP contribution < -0.4 is 0 Å². The SMILES string of the molecule is Cc1nc(C)c(-c2cccc(-c3ccc(C(=O)O)c(C(F)(F)F)c3)c2)s1. The number of thiazole rings is 1. The zero-order valence-corrected chi connectivity index (χ0v) is 14.7. The fraction of sp³-hybridized carbons (Fsp3) is 0.158. The molecule has 3 nitrogen and oxygen atoms in total. The maximum Gasteiger partial charge on any atom is 0.417 e. The summed E-state index contributed by atoms with van der Waals surface area (Å²) in [4.78, 5) is 16.4. The number of benzene rings is 2. The molecular formula is C19H14F3NO2S. The van der Waals surface area contributed by atoms with Gasteiger partial charge in [-0.1, -0.05) is 24.3 Å². The van der Waals surface area contributed by atoms with E-state index in [1.807, 2.05) is 19.9 Å². The molecule has 0 bridgehead atoms. The molecule has 1 heterocycles. The van der Waals surface area contributed by atoms with Crippen molar-refractivity contribution in [2.75, 3.05) is 0 Å². The molecule has 1 N–H and O–H groups in total. The van der Waals surface area contributed by atoms with Crippen LogP contribution in [0.3, 0.4) is 0 Å². The highest BCUT2D eigenvalue weighted by Crippen LogP contribution is 2.37. The first kappa shape index (κ1) is 18.1. The van der Waals surface area contributed by atoms with Crippen LogP contribution in [0, 0.1) is 13.8 Å². The van der Waals surface area contributed by atoms with E-state index in [0.717, 1.165) is 33.3 Å². The van der Waals surface area contributed by atoms with Crippen molar-refractivity contribution in [1.82, 2.24) is 4.98 Å². The van der Waals surface area contributed by atoms with E-state index in [-0.39, 0.29) is 0 Å². The van der Waals surface area contributed by atoms with Crippen LogP contribution in [0.15, 0.2) is 42.5 Å². The molecule has 134 valence electrons. The van der Waals surface area contributed by atoms with Gasteiger partial charge in [0, 0.05) is 0 Å². The van der Waals surface area contributed by atoms with Crippen molar-refractivity contribution in [1.29, 1.82) is 0 Å². The lowest BCUT2D eigenvalue weighted by atomic mass is 9.97. The van der Waals surface area contributed by atoms with Gasteiger partial charge < -0.3 is 5.11 Å². The Morgan fingerprint density at radius 2 is 1.69 bits per heavy atom. The van der Waals surface area contributed by atoms with E-state index in [4.69, 9.17) is 5.11 Å². The highest BCUT2D eigenvalue weighted by Gasteiger charge is 2.35. The van der Waals surface area contributed by atoms with Crippen molar-refractivity contribution in [2.24, 2.45) is 0 Å². The third-order valence-corrected chi connectivity index (χ3v) is 5.04. The summed E-state index contributed by atoms with van der Waals surface area (Å²) in [6.45, 7) is 3.78. The van der Waals surface area contributed by atoms with E-state index in [1.54, 1.807) is 18.2 Å². The monoisotopic (exact) mass is 377 g/mol. The standard InChI is InChI=1S/C19H14F3NO2S/c1-10-17(26-11(2)23-10)14-5-3-4-12(8-14)13-6-7-15(18(24)25)16(9-13)19(20,21)22/h3-9H,1-2H3,(H,24,25). The summed E-state index contributed by atoms with van der Waals surface area (Å²) in [5.41, 5.74) is 0.700. The van der Waals surface area contributed by atoms with Gasteiger partial charge >= 0.3 is 12.1 Å². The van der Waals surface area contributed by atoms with Gasteiger partial charge in [0.1, 0.15) is 0 Å². The molecule has 0 fully saturated rings. The largest absolute Gasteiger partial charge is 0.478 e. The summed E-state index contributed by atoms with van der Waals surface area (Å²) in [6.07, 6.45) is -4.74. The van der Waals surface area contributed by atoms with Crippen LogP contribution in [-0.4, -0.2) is 16.1 Å². The zero-order valence-electron chi connectivity index (χ0n) is 13.9. The van der Waals surface area contributed by atoms with Gasteiger partial charge in [-0.05, 0) is 48.7 Å². The Morgan fingerprint density at radius 3 is 2.27 bits per heavy atom. The lowest BCUT2D eigenvalue weighted by Crippen LogP contribution is -2.12. The topological polar surface area (TPSA) is 50.2 Å². The molecule has 0 spiro atoms. The zero-order chi connectivity index (χ0) is 19.1. The second-order valence-electron chi connectivity index (χ2n) is 5.79. The van der Waals surface area contributed by atoms with E-state index < -0.39 is 23.3 Å². The van der Waals surface area contributed by atoms with E-state index in [2.05, 4.69) is 4.98 Å². The number of aromatic nitrogens is 1. The van der Waals surface area contributed by atoms with Crippen LogP contribution in [0.1, 0.15) is 26.6 Å². The number of aryl methyl sites for hydroxylation is 2. The van der Waals surface area contributed by atoms with E-state index in [9.17, 15) is 18.0 Å². The molecular weight excluding hydrogens is 363 g/mol. The molecule has 3 aromatic rings. The highest BCUT2D eigenvalue weighted by atomic mass is 32.1. The summed E-state index contributed by atoms with van der Waals surface area (Å²) < 4.78 is 39.7. The smallest absolute Gasteiger partial charge is 0.417 e. The number of hydrogen-bond acceptors (Lipinski definition) is 3. The molecule has 0 aliphatic carbocycles. The highest BCUT2D eigenvalue weighted by molar-refractivity contribution is 7.15. The third kappa shape index (κ3) is 3.48. The number of carbonyl (C=O) groups is 1.